The first-order chi connectivity index (χ1) is 8.88. The maximum atomic E-state index is 5.89. The Balaban J connectivity index is 2.08. The zero-order valence-electron chi connectivity index (χ0n) is 12.1. The first kappa shape index (κ1) is 13.3. The van der Waals surface area contributed by atoms with E-state index in [1.165, 1.54) is 17.0 Å². The average Bonchev–Trinajstić information content (AvgIpc) is 2.94. The number of anilines is 1. The summed E-state index contributed by atoms with van der Waals surface area (Å²) in [7, 11) is -0.893. The molecule has 1 aromatic heterocycles. The third-order valence-electron chi connectivity index (χ3n) is 3.76. The minimum atomic E-state index is -0.893. The van der Waals surface area contributed by atoms with E-state index in [9.17, 15) is 0 Å². The molecule has 108 valence electrons. The highest BCUT2D eigenvalue weighted by atomic mass is 32.3. The zero-order valence-corrected chi connectivity index (χ0v) is 13.0. The first-order valence-corrected chi connectivity index (χ1v) is 9.67. The number of nitrogens with two attached hydrogens (primary N) is 1. The van der Waals surface area contributed by atoms with Crippen LogP contribution in [0.2, 0.25) is 0 Å². The molecule has 1 aromatic rings. The monoisotopic (exact) mass is 284 g/mol. The molecule has 0 spiro atoms. The van der Waals surface area contributed by atoms with Gasteiger partial charge in [-0.3, -0.25) is 0 Å². The summed E-state index contributed by atoms with van der Waals surface area (Å²) < 4.78 is 7.66. The molecule has 3 atom stereocenters. The molecule has 0 aliphatic carbocycles. The highest BCUT2D eigenvalue weighted by Crippen LogP contribution is 2.53. The molecule has 0 saturated carbocycles. The van der Waals surface area contributed by atoms with Crippen LogP contribution in [0.1, 0.15) is 25.0 Å². The van der Waals surface area contributed by atoms with Crippen LogP contribution in [0.5, 0.6) is 0 Å². The molecule has 3 N–H and O–H groups in total. The Kier molecular flexibility index (Phi) is 3.07. The van der Waals surface area contributed by atoms with Crippen LogP contribution in [0.4, 0.5) is 5.82 Å². The first-order valence-electron chi connectivity index (χ1n) is 6.82. The third-order valence-corrected chi connectivity index (χ3v) is 5.22. The second kappa shape index (κ2) is 4.40. The summed E-state index contributed by atoms with van der Waals surface area (Å²) in [6.45, 7) is 4.26. The van der Waals surface area contributed by atoms with Gasteiger partial charge in [0.2, 0.25) is 0 Å². The van der Waals surface area contributed by atoms with E-state index in [1.54, 1.807) is 0 Å². The van der Waals surface area contributed by atoms with Crippen molar-refractivity contribution in [1.82, 2.24) is 9.78 Å². The van der Waals surface area contributed by atoms with Crippen LogP contribution >= 0.6 is 10.0 Å². The molecule has 0 amide bonds. The smallest absolute Gasteiger partial charge is 0.137 e. The van der Waals surface area contributed by atoms with Gasteiger partial charge in [-0.05, 0) is 31.1 Å². The second-order valence-corrected chi connectivity index (χ2v) is 10.5. The van der Waals surface area contributed by atoms with Gasteiger partial charge in [-0.15, -0.1) is 0 Å². The molecule has 19 heavy (non-hydrogen) atoms. The third kappa shape index (κ3) is 2.37. The number of rotatable bonds is 2. The Hall–Kier alpha value is -0.720. The SMILES string of the molecule is CC1CCNc2c(C3OC3N)c(S(C)(C)C)nn2C1. The number of aromatic nitrogens is 2. The van der Waals surface area contributed by atoms with Crippen LogP contribution in [0.3, 0.4) is 0 Å². The van der Waals surface area contributed by atoms with Gasteiger partial charge >= 0.3 is 0 Å². The van der Waals surface area contributed by atoms with Crippen molar-refractivity contribution in [3.8, 4) is 0 Å². The zero-order chi connectivity index (χ0) is 13.8. The normalized spacial score (nSPS) is 31.3. The van der Waals surface area contributed by atoms with Gasteiger partial charge in [0, 0.05) is 13.1 Å². The summed E-state index contributed by atoms with van der Waals surface area (Å²) in [5.74, 6) is 1.79. The van der Waals surface area contributed by atoms with Gasteiger partial charge in [0.05, 0.1) is 5.56 Å². The van der Waals surface area contributed by atoms with E-state index < -0.39 is 10.0 Å². The van der Waals surface area contributed by atoms with Crippen molar-refractivity contribution >= 4 is 15.8 Å². The Morgan fingerprint density at radius 2 is 2.11 bits per heavy atom. The number of hydrogen-bond donors (Lipinski definition) is 2. The summed E-state index contributed by atoms with van der Waals surface area (Å²) in [6.07, 6.45) is 7.88. The molecular formula is C13H24N4OS. The summed E-state index contributed by atoms with van der Waals surface area (Å²) in [5.41, 5.74) is 7.10. The van der Waals surface area contributed by atoms with Crippen molar-refractivity contribution in [3.05, 3.63) is 5.56 Å². The molecule has 5 nitrogen and oxygen atoms in total. The summed E-state index contributed by atoms with van der Waals surface area (Å²) in [6, 6.07) is 0. The molecule has 3 heterocycles. The molecule has 3 rings (SSSR count). The predicted octanol–water partition coefficient (Wildman–Crippen LogP) is 1.74. The predicted molar refractivity (Wildman–Crippen MR) is 79.9 cm³/mol. The van der Waals surface area contributed by atoms with E-state index in [0.29, 0.717) is 5.92 Å². The lowest BCUT2D eigenvalue weighted by Crippen LogP contribution is -2.08. The maximum absolute atomic E-state index is 5.89. The molecule has 0 aromatic carbocycles. The Bertz CT molecular complexity index is 494. The second-order valence-electron chi connectivity index (χ2n) is 6.43. The summed E-state index contributed by atoms with van der Waals surface area (Å²) in [5, 5.41) is 9.62. The Morgan fingerprint density at radius 3 is 2.68 bits per heavy atom. The number of hydrogen-bond acceptors (Lipinski definition) is 4. The standard InChI is InChI=1S/C13H24N4OS/c1-8-5-6-15-12-9(10-11(14)18-10)13(19(2,3)4)16-17(12)7-8/h8,10-11,15H,5-7,14H2,1-4H3. The van der Waals surface area contributed by atoms with Crippen molar-refractivity contribution in [1.29, 1.82) is 0 Å². The van der Waals surface area contributed by atoms with Crippen molar-refractivity contribution in [2.45, 2.75) is 37.2 Å². The quantitative estimate of drug-likeness (QED) is 0.812. The van der Waals surface area contributed by atoms with Crippen molar-refractivity contribution < 1.29 is 4.74 Å². The number of fused-ring (bicyclic) bond motifs is 1. The van der Waals surface area contributed by atoms with Gasteiger partial charge < -0.3 is 15.8 Å². The highest BCUT2D eigenvalue weighted by molar-refractivity contribution is 8.32. The fourth-order valence-electron chi connectivity index (χ4n) is 2.66. The van der Waals surface area contributed by atoms with Crippen LogP contribution < -0.4 is 11.1 Å². The molecule has 0 radical (unpaired) electrons. The topological polar surface area (TPSA) is 68.4 Å². The molecule has 1 saturated heterocycles. The van der Waals surface area contributed by atoms with E-state index in [4.69, 9.17) is 15.6 Å². The van der Waals surface area contributed by atoms with E-state index >= 15 is 0 Å². The molecular weight excluding hydrogens is 260 g/mol. The molecule has 0 bridgehead atoms. The van der Waals surface area contributed by atoms with Gasteiger partial charge in [0.25, 0.3) is 0 Å². The maximum Gasteiger partial charge on any atom is 0.137 e. The van der Waals surface area contributed by atoms with Gasteiger partial charge in [-0.2, -0.15) is 5.10 Å². The van der Waals surface area contributed by atoms with Gasteiger partial charge in [0.1, 0.15) is 23.2 Å². The van der Waals surface area contributed by atoms with E-state index in [1.807, 2.05) is 0 Å². The van der Waals surface area contributed by atoms with Gasteiger partial charge in [-0.25, -0.2) is 14.7 Å². The van der Waals surface area contributed by atoms with Crippen LogP contribution in [-0.2, 0) is 11.3 Å². The number of ether oxygens (including phenoxy) is 1. The summed E-state index contributed by atoms with van der Waals surface area (Å²) >= 11 is 0. The fraction of sp³-hybridized carbons (Fsp3) is 0.769. The number of nitrogens with one attached hydrogen (secondary N) is 1. The van der Waals surface area contributed by atoms with Gasteiger partial charge in [-0.1, -0.05) is 6.92 Å². The number of nitrogens with zero attached hydrogens (tertiary/aromatic N) is 2. The highest BCUT2D eigenvalue weighted by Gasteiger charge is 2.44. The van der Waals surface area contributed by atoms with Crippen molar-refractivity contribution in [2.24, 2.45) is 11.7 Å². The van der Waals surface area contributed by atoms with Gasteiger partial charge in [0.15, 0.2) is 0 Å². The molecule has 6 heteroatoms. The molecule has 2 aliphatic heterocycles. The summed E-state index contributed by atoms with van der Waals surface area (Å²) in [4.78, 5) is 0. The fourth-order valence-corrected chi connectivity index (χ4v) is 3.88. The minimum Gasteiger partial charge on any atom is -0.370 e. The van der Waals surface area contributed by atoms with E-state index in [-0.39, 0.29) is 12.3 Å². The average molecular weight is 284 g/mol. The minimum absolute atomic E-state index is 0.0337. The van der Waals surface area contributed by atoms with Crippen LogP contribution in [0.25, 0.3) is 0 Å². The lowest BCUT2D eigenvalue weighted by molar-refractivity contribution is 0.376. The van der Waals surface area contributed by atoms with Crippen LogP contribution in [0, 0.1) is 5.92 Å². The largest absolute Gasteiger partial charge is 0.370 e. The lowest BCUT2D eigenvalue weighted by atomic mass is 10.1. The lowest BCUT2D eigenvalue weighted by Gasteiger charge is -2.24. The number of epoxide rings is 1. The Labute approximate surface area is 116 Å². The van der Waals surface area contributed by atoms with E-state index in [0.717, 1.165) is 18.9 Å². The van der Waals surface area contributed by atoms with Crippen molar-refractivity contribution in [2.75, 3.05) is 30.6 Å². The molecule has 2 aliphatic rings. The van der Waals surface area contributed by atoms with E-state index in [2.05, 4.69) is 35.7 Å². The molecule has 1 fully saturated rings. The van der Waals surface area contributed by atoms with Crippen molar-refractivity contribution in [3.63, 3.8) is 0 Å². The van der Waals surface area contributed by atoms with Crippen LogP contribution in [-0.4, -0.2) is 41.3 Å². The van der Waals surface area contributed by atoms with Crippen LogP contribution in [0.15, 0.2) is 5.03 Å². The Morgan fingerprint density at radius 1 is 1.42 bits per heavy atom. The molecule has 3 unspecified atom stereocenters.